The van der Waals surface area contributed by atoms with Gasteiger partial charge in [0.05, 0.1) is 11.8 Å². The number of amides is 2. The summed E-state index contributed by atoms with van der Waals surface area (Å²) in [4.78, 5) is 26.0. The average Bonchev–Trinajstić information content (AvgIpc) is 3.05. The minimum absolute atomic E-state index is 0. The van der Waals surface area contributed by atoms with Gasteiger partial charge in [0, 0.05) is 19.6 Å². The summed E-state index contributed by atoms with van der Waals surface area (Å²) in [5.41, 5.74) is 0. The van der Waals surface area contributed by atoms with E-state index in [0.717, 1.165) is 32.2 Å². The lowest BCUT2D eigenvalue weighted by molar-refractivity contribution is -0.130. The fraction of sp³-hybridized carbons (Fsp3) is 0.882. The SMILES string of the molecule is CC(C)CS(=O)(=O)CC(=O)N1CCCC(CNC(=O)C2CCCN2)C1.Cl. The van der Waals surface area contributed by atoms with Crippen LogP contribution in [0.3, 0.4) is 0 Å². The second kappa shape index (κ2) is 10.5. The number of piperidine rings is 1. The van der Waals surface area contributed by atoms with E-state index in [1.807, 2.05) is 13.8 Å². The van der Waals surface area contributed by atoms with E-state index in [1.165, 1.54) is 0 Å². The Balaban J connectivity index is 0.00000338. The van der Waals surface area contributed by atoms with Crippen LogP contribution in [0.2, 0.25) is 0 Å². The predicted octanol–water partition coefficient (Wildman–Crippen LogP) is 0.586. The van der Waals surface area contributed by atoms with Crippen molar-refractivity contribution in [1.29, 1.82) is 0 Å². The van der Waals surface area contributed by atoms with Gasteiger partial charge < -0.3 is 15.5 Å². The summed E-state index contributed by atoms with van der Waals surface area (Å²) in [7, 11) is -3.35. The lowest BCUT2D eigenvalue weighted by Crippen LogP contribution is -2.47. The number of rotatable bonds is 7. The van der Waals surface area contributed by atoms with Crippen LogP contribution in [0, 0.1) is 11.8 Å². The topological polar surface area (TPSA) is 95.6 Å². The van der Waals surface area contributed by atoms with Crippen molar-refractivity contribution in [3.05, 3.63) is 0 Å². The third kappa shape index (κ3) is 7.40. The maximum absolute atomic E-state index is 12.3. The first-order valence-electron chi connectivity index (χ1n) is 9.26. The first kappa shape index (κ1) is 23.2. The Morgan fingerprint density at radius 1 is 1.23 bits per heavy atom. The Labute approximate surface area is 163 Å². The van der Waals surface area contributed by atoms with E-state index in [4.69, 9.17) is 0 Å². The largest absolute Gasteiger partial charge is 0.354 e. The van der Waals surface area contributed by atoms with Crippen molar-refractivity contribution >= 4 is 34.1 Å². The van der Waals surface area contributed by atoms with Crippen molar-refractivity contribution in [2.75, 3.05) is 37.7 Å². The summed E-state index contributed by atoms with van der Waals surface area (Å²) in [6.07, 6.45) is 3.68. The zero-order valence-electron chi connectivity index (χ0n) is 15.7. The molecule has 0 radical (unpaired) electrons. The second-order valence-electron chi connectivity index (χ2n) is 7.69. The molecule has 2 atom stereocenters. The smallest absolute Gasteiger partial charge is 0.237 e. The number of nitrogens with zero attached hydrogens (tertiary/aromatic N) is 1. The van der Waals surface area contributed by atoms with Crippen molar-refractivity contribution in [2.45, 2.75) is 45.6 Å². The Hall–Kier alpha value is -0.860. The third-order valence-corrected chi connectivity index (χ3v) is 6.61. The second-order valence-corrected chi connectivity index (χ2v) is 9.80. The van der Waals surface area contributed by atoms with Crippen LogP contribution in [-0.2, 0) is 19.4 Å². The molecule has 2 aliphatic heterocycles. The van der Waals surface area contributed by atoms with Crippen LogP contribution in [0.4, 0.5) is 0 Å². The quantitative estimate of drug-likeness (QED) is 0.641. The molecule has 2 heterocycles. The number of carbonyl (C=O) groups excluding carboxylic acids is 2. The van der Waals surface area contributed by atoms with Crippen LogP contribution < -0.4 is 10.6 Å². The first-order chi connectivity index (χ1) is 11.8. The molecule has 26 heavy (non-hydrogen) atoms. The van der Waals surface area contributed by atoms with Crippen molar-refractivity contribution in [3.63, 3.8) is 0 Å². The molecular weight excluding hydrogens is 378 g/mol. The molecule has 2 amide bonds. The van der Waals surface area contributed by atoms with Gasteiger partial charge in [0.2, 0.25) is 11.8 Å². The zero-order chi connectivity index (χ0) is 18.4. The van der Waals surface area contributed by atoms with Crippen LogP contribution in [0.25, 0.3) is 0 Å². The van der Waals surface area contributed by atoms with Gasteiger partial charge >= 0.3 is 0 Å². The lowest BCUT2D eigenvalue weighted by atomic mass is 9.98. The molecule has 2 fully saturated rings. The fourth-order valence-electron chi connectivity index (χ4n) is 3.58. The number of hydrogen-bond donors (Lipinski definition) is 2. The fourth-order valence-corrected chi connectivity index (χ4v) is 5.27. The van der Waals surface area contributed by atoms with Crippen LogP contribution in [-0.4, -0.2) is 68.9 Å². The van der Waals surface area contributed by atoms with Crippen molar-refractivity contribution in [1.82, 2.24) is 15.5 Å². The predicted molar refractivity (Wildman–Crippen MR) is 104 cm³/mol. The molecule has 0 saturated carbocycles. The molecule has 0 aliphatic carbocycles. The summed E-state index contributed by atoms with van der Waals surface area (Å²) in [5, 5.41) is 6.14. The van der Waals surface area contributed by atoms with E-state index >= 15 is 0 Å². The molecule has 2 saturated heterocycles. The zero-order valence-corrected chi connectivity index (χ0v) is 17.3. The summed E-state index contributed by atoms with van der Waals surface area (Å²) in [5.74, 6) is -0.437. The highest BCUT2D eigenvalue weighted by atomic mass is 35.5. The number of carbonyl (C=O) groups is 2. The average molecular weight is 410 g/mol. The van der Waals surface area contributed by atoms with Gasteiger partial charge in [-0.3, -0.25) is 9.59 Å². The van der Waals surface area contributed by atoms with Gasteiger partial charge in [-0.1, -0.05) is 13.8 Å². The van der Waals surface area contributed by atoms with E-state index in [0.29, 0.717) is 19.6 Å². The molecule has 0 aromatic heterocycles. The van der Waals surface area contributed by atoms with Crippen molar-refractivity contribution < 1.29 is 18.0 Å². The summed E-state index contributed by atoms with van der Waals surface area (Å²) >= 11 is 0. The van der Waals surface area contributed by atoms with Crippen molar-refractivity contribution in [2.24, 2.45) is 11.8 Å². The molecule has 0 aromatic rings. The van der Waals surface area contributed by atoms with Gasteiger partial charge in [0.1, 0.15) is 5.75 Å². The van der Waals surface area contributed by atoms with E-state index in [2.05, 4.69) is 10.6 Å². The molecule has 9 heteroatoms. The molecule has 0 spiro atoms. The van der Waals surface area contributed by atoms with Crippen LogP contribution in [0.15, 0.2) is 0 Å². The normalized spacial score (nSPS) is 23.6. The Kier molecular flexibility index (Phi) is 9.33. The summed E-state index contributed by atoms with van der Waals surface area (Å²) in [6.45, 7) is 6.22. The molecule has 2 rings (SSSR count). The van der Waals surface area contributed by atoms with Gasteiger partial charge in [-0.05, 0) is 44.1 Å². The van der Waals surface area contributed by atoms with E-state index in [9.17, 15) is 18.0 Å². The van der Waals surface area contributed by atoms with Gasteiger partial charge in [0.25, 0.3) is 0 Å². The minimum atomic E-state index is -3.35. The van der Waals surface area contributed by atoms with E-state index in [1.54, 1.807) is 4.90 Å². The van der Waals surface area contributed by atoms with Gasteiger partial charge in [0.15, 0.2) is 9.84 Å². The summed E-state index contributed by atoms with van der Waals surface area (Å²) in [6, 6.07) is -0.0949. The number of halogens is 1. The number of sulfone groups is 1. The molecule has 2 aliphatic rings. The van der Waals surface area contributed by atoms with E-state index < -0.39 is 15.6 Å². The summed E-state index contributed by atoms with van der Waals surface area (Å²) < 4.78 is 24.1. The maximum Gasteiger partial charge on any atom is 0.237 e. The highest BCUT2D eigenvalue weighted by Crippen LogP contribution is 2.17. The number of hydrogen-bond acceptors (Lipinski definition) is 5. The standard InChI is InChI=1S/C17H31N3O4S.ClH/c1-13(2)11-25(23,24)12-16(21)20-8-4-5-14(10-20)9-19-17(22)15-6-3-7-18-15;/h13-15,18H,3-12H2,1-2H3,(H,19,22);1H. The molecular formula is C17H32ClN3O4S. The van der Waals surface area contributed by atoms with Crippen LogP contribution in [0.5, 0.6) is 0 Å². The number of likely N-dealkylation sites (tertiary alicyclic amines) is 1. The lowest BCUT2D eigenvalue weighted by Gasteiger charge is -2.33. The highest BCUT2D eigenvalue weighted by molar-refractivity contribution is 7.92. The molecule has 2 N–H and O–H groups in total. The van der Waals surface area contributed by atoms with E-state index in [-0.39, 0.29) is 47.9 Å². The van der Waals surface area contributed by atoms with Gasteiger partial charge in [-0.15, -0.1) is 12.4 Å². The highest BCUT2D eigenvalue weighted by Gasteiger charge is 2.28. The molecule has 2 unspecified atom stereocenters. The Bertz CT molecular complexity index is 577. The Morgan fingerprint density at radius 3 is 2.58 bits per heavy atom. The van der Waals surface area contributed by atoms with Crippen LogP contribution >= 0.6 is 12.4 Å². The molecule has 0 bridgehead atoms. The molecule has 0 aromatic carbocycles. The number of nitrogens with one attached hydrogen (secondary N) is 2. The third-order valence-electron chi connectivity index (χ3n) is 4.74. The van der Waals surface area contributed by atoms with Crippen molar-refractivity contribution in [3.8, 4) is 0 Å². The minimum Gasteiger partial charge on any atom is -0.354 e. The maximum atomic E-state index is 12.3. The van der Waals surface area contributed by atoms with Gasteiger partial charge in [-0.25, -0.2) is 8.42 Å². The molecule has 7 nitrogen and oxygen atoms in total. The van der Waals surface area contributed by atoms with Gasteiger partial charge in [-0.2, -0.15) is 0 Å². The monoisotopic (exact) mass is 409 g/mol. The first-order valence-corrected chi connectivity index (χ1v) is 11.1. The molecule has 152 valence electrons. The van der Waals surface area contributed by atoms with Crippen LogP contribution in [0.1, 0.15) is 39.5 Å². The Morgan fingerprint density at radius 2 is 1.96 bits per heavy atom.